The normalized spacial score (nSPS) is 16.3. The fourth-order valence-electron chi connectivity index (χ4n) is 2.12. The Kier molecular flexibility index (Phi) is 5.07. The van der Waals surface area contributed by atoms with Gasteiger partial charge in [-0.25, -0.2) is 0 Å². The van der Waals surface area contributed by atoms with Crippen molar-refractivity contribution in [2.24, 2.45) is 0 Å². The van der Waals surface area contributed by atoms with Crippen LogP contribution in [0.15, 0.2) is 0 Å². The lowest BCUT2D eigenvalue weighted by Crippen LogP contribution is -2.28. The molecule has 0 saturated carbocycles. The molecular formula is C12H22N6S. The molecule has 0 atom stereocenters. The van der Waals surface area contributed by atoms with Crippen molar-refractivity contribution in [3.05, 3.63) is 0 Å². The van der Waals surface area contributed by atoms with Gasteiger partial charge in [0, 0.05) is 19.1 Å². The minimum Gasteiger partial charge on any atom is -0.368 e. The number of nitrogens with zero attached hydrogens (tertiary/aromatic N) is 4. The summed E-state index contributed by atoms with van der Waals surface area (Å²) >= 11 is 2.00. The fraction of sp³-hybridized carbons (Fsp3) is 0.750. The zero-order valence-corrected chi connectivity index (χ0v) is 12.4. The van der Waals surface area contributed by atoms with Crippen LogP contribution in [0.1, 0.15) is 26.7 Å². The second-order valence-electron chi connectivity index (χ2n) is 4.52. The van der Waals surface area contributed by atoms with E-state index < -0.39 is 0 Å². The zero-order valence-electron chi connectivity index (χ0n) is 11.6. The number of hydrogen-bond acceptors (Lipinski definition) is 7. The Bertz CT molecular complexity index is 403. The summed E-state index contributed by atoms with van der Waals surface area (Å²) in [5.41, 5.74) is 5.78. The van der Waals surface area contributed by atoms with Crippen molar-refractivity contribution in [3.8, 4) is 0 Å². The number of nitrogen functional groups attached to an aromatic ring is 1. The Hall–Kier alpha value is -1.24. The maximum atomic E-state index is 5.78. The van der Waals surface area contributed by atoms with Gasteiger partial charge in [-0.3, -0.25) is 0 Å². The molecule has 0 spiro atoms. The Morgan fingerprint density at radius 3 is 2.53 bits per heavy atom. The smallest absolute Gasteiger partial charge is 0.231 e. The molecule has 0 aromatic carbocycles. The van der Waals surface area contributed by atoms with Gasteiger partial charge in [0.1, 0.15) is 0 Å². The van der Waals surface area contributed by atoms with Gasteiger partial charge in [0.15, 0.2) is 0 Å². The van der Waals surface area contributed by atoms with Crippen molar-refractivity contribution >= 4 is 29.6 Å². The lowest BCUT2D eigenvalue weighted by atomic mass is 10.2. The van der Waals surface area contributed by atoms with E-state index in [0.29, 0.717) is 17.9 Å². The fourth-order valence-corrected chi connectivity index (χ4v) is 3.22. The van der Waals surface area contributed by atoms with E-state index in [-0.39, 0.29) is 5.95 Å². The van der Waals surface area contributed by atoms with Gasteiger partial charge in [-0.1, -0.05) is 0 Å². The first-order valence-corrected chi connectivity index (χ1v) is 7.99. The van der Waals surface area contributed by atoms with Gasteiger partial charge < -0.3 is 16.0 Å². The van der Waals surface area contributed by atoms with Gasteiger partial charge in [0.05, 0.1) is 0 Å². The first-order chi connectivity index (χ1) is 9.22. The van der Waals surface area contributed by atoms with Gasteiger partial charge in [0.2, 0.25) is 17.8 Å². The van der Waals surface area contributed by atoms with Gasteiger partial charge in [-0.2, -0.15) is 26.7 Å². The van der Waals surface area contributed by atoms with Crippen LogP contribution in [0.3, 0.4) is 0 Å². The molecule has 7 heteroatoms. The molecule has 1 aromatic heterocycles. The Morgan fingerprint density at radius 1 is 1.21 bits per heavy atom. The van der Waals surface area contributed by atoms with E-state index in [2.05, 4.69) is 39.0 Å². The van der Waals surface area contributed by atoms with E-state index in [9.17, 15) is 0 Å². The standard InChI is InChI=1S/C12H22N6S/c1-3-18(4-2)12-16-10(13)15-11(17-12)14-9-5-7-19-8-6-9/h9H,3-8H2,1-2H3,(H3,13,14,15,16,17). The summed E-state index contributed by atoms with van der Waals surface area (Å²) < 4.78 is 0. The minimum absolute atomic E-state index is 0.282. The first kappa shape index (κ1) is 14.2. The largest absolute Gasteiger partial charge is 0.368 e. The van der Waals surface area contributed by atoms with Crippen LogP contribution in [0.5, 0.6) is 0 Å². The van der Waals surface area contributed by atoms with E-state index >= 15 is 0 Å². The predicted molar refractivity (Wildman–Crippen MR) is 81.8 cm³/mol. The van der Waals surface area contributed by atoms with Crippen LogP contribution in [0.4, 0.5) is 17.8 Å². The quantitative estimate of drug-likeness (QED) is 0.849. The number of aromatic nitrogens is 3. The lowest BCUT2D eigenvalue weighted by Gasteiger charge is -2.23. The second-order valence-corrected chi connectivity index (χ2v) is 5.75. The topological polar surface area (TPSA) is 80.0 Å². The number of nitrogens with two attached hydrogens (primary N) is 1. The summed E-state index contributed by atoms with van der Waals surface area (Å²) in [6.07, 6.45) is 2.30. The number of anilines is 3. The molecule has 0 bridgehead atoms. The summed E-state index contributed by atoms with van der Waals surface area (Å²) in [5, 5.41) is 3.38. The molecule has 2 heterocycles. The van der Waals surface area contributed by atoms with E-state index in [1.165, 1.54) is 11.5 Å². The number of hydrogen-bond donors (Lipinski definition) is 2. The Balaban J connectivity index is 2.11. The number of rotatable bonds is 5. The Labute approximate surface area is 118 Å². The molecule has 0 radical (unpaired) electrons. The van der Waals surface area contributed by atoms with Crippen LogP contribution in [0.25, 0.3) is 0 Å². The van der Waals surface area contributed by atoms with Gasteiger partial charge in [-0.15, -0.1) is 0 Å². The SMILES string of the molecule is CCN(CC)c1nc(N)nc(NC2CCSCC2)n1. The molecule has 6 nitrogen and oxygen atoms in total. The predicted octanol–water partition coefficient (Wildman–Crippen LogP) is 1.61. The molecule has 1 saturated heterocycles. The summed E-state index contributed by atoms with van der Waals surface area (Å²) in [5.74, 6) is 3.93. The third-order valence-corrected chi connectivity index (χ3v) is 4.29. The molecule has 0 amide bonds. The minimum atomic E-state index is 0.282. The monoisotopic (exact) mass is 282 g/mol. The van der Waals surface area contributed by atoms with Crippen LogP contribution >= 0.6 is 11.8 Å². The molecular weight excluding hydrogens is 260 g/mol. The highest BCUT2D eigenvalue weighted by Crippen LogP contribution is 2.20. The molecule has 1 aromatic rings. The molecule has 1 aliphatic heterocycles. The highest BCUT2D eigenvalue weighted by molar-refractivity contribution is 7.99. The van der Waals surface area contributed by atoms with Gasteiger partial charge >= 0.3 is 0 Å². The van der Waals surface area contributed by atoms with Crippen LogP contribution in [-0.2, 0) is 0 Å². The molecule has 106 valence electrons. The van der Waals surface area contributed by atoms with E-state index in [1.54, 1.807) is 0 Å². The third-order valence-electron chi connectivity index (χ3n) is 3.24. The molecule has 0 unspecified atom stereocenters. The average molecular weight is 282 g/mol. The van der Waals surface area contributed by atoms with Crippen molar-refractivity contribution in [3.63, 3.8) is 0 Å². The highest BCUT2D eigenvalue weighted by atomic mass is 32.2. The summed E-state index contributed by atoms with van der Waals surface area (Å²) in [6, 6.07) is 0.451. The summed E-state index contributed by atoms with van der Waals surface area (Å²) in [6.45, 7) is 5.88. The summed E-state index contributed by atoms with van der Waals surface area (Å²) in [4.78, 5) is 14.9. The molecule has 2 rings (SSSR count). The van der Waals surface area contributed by atoms with Gasteiger partial charge in [0.25, 0.3) is 0 Å². The van der Waals surface area contributed by atoms with Crippen molar-refractivity contribution < 1.29 is 0 Å². The second kappa shape index (κ2) is 6.79. The van der Waals surface area contributed by atoms with Crippen LogP contribution in [-0.4, -0.2) is 45.6 Å². The summed E-state index contributed by atoms with van der Waals surface area (Å²) in [7, 11) is 0. The van der Waals surface area contributed by atoms with Crippen LogP contribution in [0, 0.1) is 0 Å². The molecule has 1 fully saturated rings. The maximum Gasteiger partial charge on any atom is 0.231 e. The third kappa shape index (κ3) is 3.86. The lowest BCUT2D eigenvalue weighted by molar-refractivity contribution is 0.658. The molecule has 19 heavy (non-hydrogen) atoms. The van der Waals surface area contributed by atoms with Crippen molar-refractivity contribution in [2.75, 3.05) is 40.5 Å². The van der Waals surface area contributed by atoms with E-state index in [0.717, 1.165) is 25.9 Å². The zero-order chi connectivity index (χ0) is 13.7. The van der Waals surface area contributed by atoms with Crippen molar-refractivity contribution in [1.29, 1.82) is 0 Å². The van der Waals surface area contributed by atoms with E-state index in [4.69, 9.17) is 5.73 Å². The molecule has 3 N–H and O–H groups in total. The van der Waals surface area contributed by atoms with Crippen LogP contribution in [0.2, 0.25) is 0 Å². The van der Waals surface area contributed by atoms with Crippen molar-refractivity contribution in [2.45, 2.75) is 32.7 Å². The van der Waals surface area contributed by atoms with Crippen LogP contribution < -0.4 is 16.0 Å². The molecule has 1 aliphatic rings. The number of nitrogens with one attached hydrogen (secondary N) is 1. The maximum absolute atomic E-state index is 5.78. The average Bonchev–Trinajstić information content (AvgIpc) is 2.40. The first-order valence-electron chi connectivity index (χ1n) is 6.83. The Morgan fingerprint density at radius 2 is 1.89 bits per heavy atom. The van der Waals surface area contributed by atoms with Gasteiger partial charge in [-0.05, 0) is 38.2 Å². The van der Waals surface area contributed by atoms with E-state index in [1.807, 2.05) is 11.8 Å². The number of thioether (sulfide) groups is 1. The highest BCUT2D eigenvalue weighted by Gasteiger charge is 2.16. The van der Waals surface area contributed by atoms with Crippen molar-refractivity contribution in [1.82, 2.24) is 15.0 Å². The molecule has 0 aliphatic carbocycles.